The molecule has 0 spiro atoms. The number of methoxy groups -OCH3 is 2. The smallest absolute Gasteiger partial charge is 0.178 e. The van der Waals surface area contributed by atoms with E-state index in [-0.39, 0.29) is 5.41 Å². The van der Waals surface area contributed by atoms with Crippen LogP contribution < -0.4 is 19.1 Å². The summed E-state index contributed by atoms with van der Waals surface area (Å²) in [5, 5.41) is 2.25. The first-order chi connectivity index (χ1) is 23.1. The molecule has 2 heterocycles. The van der Waals surface area contributed by atoms with Crippen LogP contribution in [0.4, 0.5) is 5.69 Å². The first-order valence-electron chi connectivity index (χ1n) is 16.8. The highest BCUT2D eigenvalue weighted by Crippen LogP contribution is 2.60. The molecule has 1 saturated heterocycles. The maximum atomic E-state index is 7.55. The Labute approximate surface area is 277 Å². The normalized spacial score (nSPS) is 19.1. The molecular weight excluding hydrogens is 582 g/mol. The van der Waals surface area contributed by atoms with Gasteiger partial charge >= 0.3 is 0 Å². The zero-order chi connectivity index (χ0) is 32.2. The van der Waals surface area contributed by atoms with E-state index in [2.05, 4.69) is 110 Å². The predicted octanol–water partition coefficient (Wildman–Crippen LogP) is 9.13. The molecule has 0 radical (unpaired) electrons. The quantitative estimate of drug-likeness (QED) is 0.181. The Balaban J connectivity index is 1.39. The van der Waals surface area contributed by atoms with Gasteiger partial charge in [-0.1, -0.05) is 68.5 Å². The summed E-state index contributed by atoms with van der Waals surface area (Å²) in [6, 6.07) is 32.6. The minimum atomic E-state index is -0.862. The molecule has 8 rings (SSSR count). The van der Waals surface area contributed by atoms with E-state index in [0.717, 1.165) is 78.5 Å². The van der Waals surface area contributed by atoms with Gasteiger partial charge in [0, 0.05) is 46.3 Å². The minimum absolute atomic E-state index is 0.113. The summed E-state index contributed by atoms with van der Waals surface area (Å²) in [6.07, 6.45) is 6.61. The van der Waals surface area contributed by atoms with Gasteiger partial charge in [0.1, 0.15) is 17.2 Å². The number of rotatable bonds is 7. The summed E-state index contributed by atoms with van der Waals surface area (Å²) >= 11 is 0. The zero-order valence-corrected chi connectivity index (χ0v) is 27.6. The lowest BCUT2D eigenvalue weighted by Gasteiger charge is -2.39. The number of fused-ring (bicyclic) bond motifs is 8. The van der Waals surface area contributed by atoms with Crippen molar-refractivity contribution in [3.8, 4) is 28.4 Å². The van der Waals surface area contributed by atoms with Crippen LogP contribution in [-0.4, -0.2) is 40.5 Å². The molecule has 3 aliphatic rings. The SMILES string of the molecule is CCC1(CC)c2ccccc2-c2c1c1c(c3cc(OC)ccc23)OC(c2ccc(OC)cc2)(c2ccc(N3CCOCC3)cc2)C=C1. The lowest BCUT2D eigenvalue weighted by atomic mass is 9.71. The van der Waals surface area contributed by atoms with Gasteiger partial charge in [-0.15, -0.1) is 0 Å². The number of anilines is 1. The van der Waals surface area contributed by atoms with Crippen LogP contribution in [0.2, 0.25) is 0 Å². The van der Waals surface area contributed by atoms with Gasteiger partial charge in [0.05, 0.1) is 27.4 Å². The molecule has 238 valence electrons. The van der Waals surface area contributed by atoms with E-state index in [1.165, 1.54) is 33.3 Å². The molecule has 1 atom stereocenters. The molecule has 0 aromatic heterocycles. The number of ether oxygens (including phenoxy) is 4. The van der Waals surface area contributed by atoms with Crippen molar-refractivity contribution in [2.24, 2.45) is 0 Å². The third kappa shape index (κ3) is 4.40. The van der Waals surface area contributed by atoms with Crippen LogP contribution in [0.3, 0.4) is 0 Å². The fraction of sp³-hybridized carbons (Fsp3) is 0.286. The van der Waals surface area contributed by atoms with Crippen molar-refractivity contribution < 1.29 is 18.9 Å². The van der Waals surface area contributed by atoms with Crippen LogP contribution >= 0.6 is 0 Å². The number of benzene rings is 5. The Morgan fingerprint density at radius 1 is 0.745 bits per heavy atom. The van der Waals surface area contributed by atoms with Crippen LogP contribution in [0, 0.1) is 0 Å². The van der Waals surface area contributed by atoms with Crippen molar-refractivity contribution in [1.29, 1.82) is 0 Å². The Hall–Kier alpha value is -4.74. The average molecular weight is 624 g/mol. The number of hydrogen-bond acceptors (Lipinski definition) is 5. The average Bonchev–Trinajstić information content (AvgIpc) is 3.45. The van der Waals surface area contributed by atoms with E-state index in [1.807, 2.05) is 12.1 Å². The molecule has 5 nitrogen and oxygen atoms in total. The summed E-state index contributed by atoms with van der Waals surface area (Å²) in [7, 11) is 3.43. The Morgan fingerprint density at radius 3 is 2.09 bits per heavy atom. The van der Waals surface area contributed by atoms with Crippen molar-refractivity contribution in [1.82, 2.24) is 0 Å². The van der Waals surface area contributed by atoms with E-state index in [1.54, 1.807) is 14.2 Å². The standard InChI is InChI=1S/C42H41NO4/c1-5-41(6-2)37-10-8-7-9-34(37)38-33-20-19-32(45-4)27-36(33)40-35(39(38)41)21-22-42(47-40,29-13-17-31(44-3)18-14-29)28-11-15-30(16-12-28)43-23-25-46-26-24-43/h7-22,27H,5-6,23-26H2,1-4H3. The third-order valence-corrected chi connectivity index (χ3v) is 10.8. The minimum Gasteiger partial charge on any atom is -0.497 e. The lowest BCUT2D eigenvalue weighted by molar-refractivity contribution is 0.122. The van der Waals surface area contributed by atoms with Crippen molar-refractivity contribution in [3.05, 3.63) is 125 Å². The molecule has 47 heavy (non-hydrogen) atoms. The third-order valence-electron chi connectivity index (χ3n) is 10.8. The van der Waals surface area contributed by atoms with Crippen LogP contribution in [0.15, 0.2) is 97.1 Å². The molecule has 1 aliphatic carbocycles. The van der Waals surface area contributed by atoms with E-state index >= 15 is 0 Å². The summed E-state index contributed by atoms with van der Waals surface area (Å²) in [5.74, 6) is 2.52. The molecule has 0 saturated carbocycles. The van der Waals surface area contributed by atoms with Crippen molar-refractivity contribution in [2.75, 3.05) is 45.4 Å². The molecule has 5 aromatic carbocycles. The number of hydrogen-bond donors (Lipinski definition) is 0. The summed E-state index contributed by atoms with van der Waals surface area (Å²) in [4.78, 5) is 2.38. The molecule has 0 amide bonds. The molecule has 1 fully saturated rings. The van der Waals surface area contributed by atoms with Gasteiger partial charge in [-0.25, -0.2) is 0 Å². The molecule has 0 N–H and O–H groups in total. The monoisotopic (exact) mass is 623 g/mol. The molecular formula is C42H41NO4. The van der Waals surface area contributed by atoms with Crippen molar-refractivity contribution in [2.45, 2.75) is 37.7 Å². The summed E-state index contributed by atoms with van der Waals surface area (Å²) in [6.45, 7) is 7.94. The first-order valence-corrected chi connectivity index (χ1v) is 16.8. The second kappa shape index (κ2) is 11.5. The van der Waals surface area contributed by atoms with Gasteiger partial charge in [-0.2, -0.15) is 0 Å². The van der Waals surface area contributed by atoms with E-state index in [4.69, 9.17) is 18.9 Å². The number of morpholine rings is 1. The topological polar surface area (TPSA) is 40.2 Å². The maximum Gasteiger partial charge on any atom is 0.178 e. The fourth-order valence-corrected chi connectivity index (χ4v) is 8.32. The van der Waals surface area contributed by atoms with Crippen LogP contribution in [-0.2, 0) is 15.8 Å². The molecule has 1 unspecified atom stereocenters. The van der Waals surface area contributed by atoms with Gasteiger partial charge < -0.3 is 23.8 Å². The summed E-state index contributed by atoms with van der Waals surface area (Å²) in [5.41, 5.74) is 8.91. The van der Waals surface area contributed by atoms with Gasteiger partial charge in [-0.3, -0.25) is 0 Å². The van der Waals surface area contributed by atoms with E-state index in [0.29, 0.717) is 0 Å². The number of nitrogens with zero attached hydrogens (tertiary/aromatic N) is 1. The Morgan fingerprint density at radius 2 is 1.40 bits per heavy atom. The fourth-order valence-electron chi connectivity index (χ4n) is 8.32. The highest BCUT2D eigenvalue weighted by atomic mass is 16.5. The van der Waals surface area contributed by atoms with Crippen LogP contribution in [0.25, 0.3) is 28.0 Å². The van der Waals surface area contributed by atoms with Crippen molar-refractivity contribution >= 4 is 22.5 Å². The van der Waals surface area contributed by atoms with Gasteiger partial charge in [-0.05, 0) is 89.0 Å². The predicted molar refractivity (Wildman–Crippen MR) is 190 cm³/mol. The van der Waals surface area contributed by atoms with Gasteiger partial charge in [0.25, 0.3) is 0 Å². The lowest BCUT2D eigenvalue weighted by Crippen LogP contribution is -2.37. The van der Waals surface area contributed by atoms with Gasteiger partial charge in [0.2, 0.25) is 0 Å². The second-order valence-electron chi connectivity index (χ2n) is 12.8. The maximum absolute atomic E-state index is 7.55. The molecule has 5 heteroatoms. The highest BCUT2D eigenvalue weighted by molar-refractivity contribution is 6.09. The molecule has 2 aliphatic heterocycles. The van der Waals surface area contributed by atoms with Crippen LogP contribution in [0.1, 0.15) is 54.5 Å². The highest BCUT2D eigenvalue weighted by Gasteiger charge is 2.46. The molecule has 0 bridgehead atoms. The summed E-state index contributed by atoms with van der Waals surface area (Å²) < 4.78 is 24.5. The zero-order valence-electron chi connectivity index (χ0n) is 27.6. The molecule has 5 aromatic rings. The second-order valence-corrected chi connectivity index (χ2v) is 12.8. The van der Waals surface area contributed by atoms with Crippen molar-refractivity contribution in [3.63, 3.8) is 0 Å². The largest absolute Gasteiger partial charge is 0.497 e. The first kappa shape index (κ1) is 29.6. The van der Waals surface area contributed by atoms with E-state index < -0.39 is 5.60 Å². The Bertz CT molecular complexity index is 1990. The van der Waals surface area contributed by atoms with Gasteiger partial charge in [0.15, 0.2) is 5.60 Å². The van der Waals surface area contributed by atoms with E-state index in [9.17, 15) is 0 Å². The van der Waals surface area contributed by atoms with Crippen LogP contribution in [0.5, 0.6) is 17.2 Å². The Kier molecular flexibility index (Phi) is 7.25.